The van der Waals surface area contributed by atoms with Gasteiger partial charge in [0.1, 0.15) is 0 Å². The van der Waals surface area contributed by atoms with Gasteiger partial charge in [-0.25, -0.2) is 0 Å². The van der Waals surface area contributed by atoms with Crippen molar-refractivity contribution in [1.29, 1.82) is 0 Å². The van der Waals surface area contributed by atoms with E-state index in [-0.39, 0.29) is 6.04 Å². The van der Waals surface area contributed by atoms with Crippen LogP contribution in [-0.2, 0) is 6.42 Å². The van der Waals surface area contributed by atoms with E-state index in [9.17, 15) is 5.11 Å². The van der Waals surface area contributed by atoms with E-state index < -0.39 is 5.60 Å². The van der Waals surface area contributed by atoms with Crippen LogP contribution in [0.15, 0.2) is 24.3 Å². The molecule has 1 aromatic carbocycles. The van der Waals surface area contributed by atoms with Gasteiger partial charge in [0, 0.05) is 5.69 Å². The summed E-state index contributed by atoms with van der Waals surface area (Å²) >= 11 is 0. The average Bonchev–Trinajstić information content (AvgIpc) is 2.49. The molecule has 110 valence electrons. The minimum atomic E-state index is -0.488. The number of hydrogen-bond acceptors (Lipinski definition) is 2. The second-order valence-electron chi connectivity index (χ2n) is 6.73. The molecule has 0 amide bonds. The second kappa shape index (κ2) is 5.77. The van der Waals surface area contributed by atoms with E-state index in [0.717, 1.165) is 31.6 Å². The highest BCUT2D eigenvalue weighted by Gasteiger charge is 2.41. The molecule has 2 heteroatoms. The fourth-order valence-corrected chi connectivity index (χ4v) is 4.06. The lowest BCUT2D eigenvalue weighted by atomic mass is 9.72. The van der Waals surface area contributed by atoms with E-state index in [1.54, 1.807) is 0 Å². The number of fused-ring (bicyclic) bond motifs is 1. The summed E-state index contributed by atoms with van der Waals surface area (Å²) in [6.45, 7) is 2.26. The lowest BCUT2D eigenvalue weighted by Crippen LogP contribution is -2.50. The zero-order valence-corrected chi connectivity index (χ0v) is 12.6. The molecule has 0 aromatic heterocycles. The summed E-state index contributed by atoms with van der Waals surface area (Å²) in [4.78, 5) is 0. The summed E-state index contributed by atoms with van der Waals surface area (Å²) in [6.07, 6.45) is 9.10. The SMILES string of the molecule is CCCC1CCC(O)(C2CCc3ccccc3N2)CC1. The van der Waals surface area contributed by atoms with Crippen LogP contribution in [0.25, 0.3) is 0 Å². The van der Waals surface area contributed by atoms with E-state index in [1.807, 2.05) is 0 Å². The maximum absolute atomic E-state index is 11.0. The van der Waals surface area contributed by atoms with E-state index in [1.165, 1.54) is 36.9 Å². The fraction of sp³-hybridized carbons (Fsp3) is 0.667. The first-order valence-electron chi connectivity index (χ1n) is 8.28. The van der Waals surface area contributed by atoms with Gasteiger partial charge in [0.2, 0.25) is 0 Å². The number of anilines is 1. The Morgan fingerprint density at radius 1 is 1.20 bits per heavy atom. The molecule has 1 atom stereocenters. The van der Waals surface area contributed by atoms with Crippen LogP contribution >= 0.6 is 0 Å². The van der Waals surface area contributed by atoms with Gasteiger partial charge in [-0.2, -0.15) is 0 Å². The van der Waals surface area contributed by atoms with Gasteiger partial charge >= 0.3 is 0 Å². The zero-order valence-electron chi connectivity index (χ0n) is 12.6. The van der Waals surface area contributed by atoms with Gasteiger partial charge in [-0.15, -0.1) is 0 Å². The Bertz CT molecular complexity index is 448. The van der Waals surface area contributed by atoms with Crippen LogP contribution in [0, 0.1) is 5.92 Å². The molecule has 20 heavy (non-hydrogen) atoms. The molecular weight excluding hydrogens is 246 g/mol. The third kappa shape index (κ3) is 2.71. The second-order valence-corrected chi connectivity index (χ2v) is 6.73. The standard InChI is InChI=1S/C18H27NO/c1-2-5-14-10-12-18(20,13-11-14)17-9-8-15-6-3-4-7-16(15)19-17/h3-4,6-7,14,17,19-20H,2,5,8-13H2,1H3. The predicted molar refractivity (Wildman–Crippen MR) is 84.0 cm³/mol. The highest BCUT2D eigenvalue weighted by Crippen LogP contribution is 2.40. The molecule has 3 rings (SSSR count). The number of para-hydroxylation sites is 1. The van der Waals surface area contributed by atoms with Crippen molar-refractivity contribution < 1.29 is 5.11 Å². The normalized spacial score (nSPS) is 33.3. The van der Waals surface area contributed by atoms with Crippen molar-refractivity contribution in [3.05, 3.63) is 29.8 Å². The molecule has 1 unspecified atom stereocenters. The van der Waals surface area contributed by atoms with Crippen LogP contribution in [-0.4, -0.2) is 16.7 Å². The van der Waals surface area contributed by atoms with Crippen molar-refractivity contribution in [2.45, 2.75) is 69.9 Å². The molecule has 1 aromatic rings. The molecule has 0 bridgehead atoms. The molecule has 2 N–H and O–H groups in total. The Morgan fingerprint density at radius 3 is 2.70 bits per heavy atom. The van der Waals surface area contributed by atoms with Crippen molar-refractivity contribution in [3.8, 4) is 0 Å². The van der Waals surface area contributed by atoms with Crippen LogP contribution in [0.3, 0.4) is 0 Å². The van der Waals surface area contributed by atoms with Gasteiger partial charge in [-0.1, -0.05) is 38.0 Å². The number of aliphatic hydroxyl groups is 1. The van der Waals surface area contributed by atoms with E-state index in [4.69, 9.17) is 0 Å². The predicted octanol–water partition coefficient (Wildman–Crippen LogP) is 4.13. The Labute approximate surface area is 122 Å². The quantitative estimate of drug-likeness (QED) is 0.867. The number of rotatable bonds is 3. The largest absolute Gasteiger partial charge is 0.388 e. The topological polar surface area (TPSA) is 32.3 Å². The molecule has 2 aliphatic rings. The third-order valence-corrected chi connectivity index (χ3v) is 5.37. The summed E-state index contributed by atoms with van der Waals surface area (Å²) in [5.74, 6) is 0.844. The Morgan fingerprint density at radius 2 is 1.95 bits per heavy atom. The fourth-order valence-electron chi connectivity index (χ4n) is 4.06. The maximum Gasteiger partial charge on any atom is 0.0848 e. The molecule has 1 aliphatic carbocycles. The number of nitrogens with one attached hydrogen (secondary N) is 1. The first kappa shape index (κ1) is 13.9. The average molecular weight is 273 g/mol. The summed E-state index contributed by atoms with van der Waals surface area (Å²) < 4.78 is 0. The number of benzene rings is 1. The number of aryl methyl sites for hydroxylation is 1. The molecule has 1 heterocycles. The molecule has 1 aliphatic heterocycles. The van der Waals surface area contributed by atoms with Crippen molar-refractivity contribution in [1.82, 2.24) is 0 Å². The van der Waals surface area contributed by atoms with E-state index in [0.29, 0.717) is 0 Å². The Hall–Kier alpha value is -1.02. The molecule has 1 fully saturated rings. The Kier molecular flexibility index (Phi) is 4.02. The Balaban J connectivity index is 1.66. The van der Waals surface area contributed by atoms with Crippen LogP contribution in [0.5, 0.6) is 0 Å². The summed E-state index contributed by atoms with van der Waals surface area (Å²) in [7, 11) is 0. The summed E-state index contributed by atoms with van der Waals surface area (Å²) in [6, 6.07) is 8.76. The minimum absolute atomic E-state index is 0.236. The van der Waals surface area contributed by atoms with Gasteiger partial charge in [0.05, 0.1) is 11.6 Å². The number of hydrogen-bond donors (Lipinski definition) is 2. The smallest absolute Gasteiger partial charge is 0.0848 e. The van der Waals surface area contributed by atoms with Crippen LogP contribution in [0.2, 0.25) is 0 Å². The van der Waals surface area contributed by atoms with Gasteiger partial charge in [0.25, 0.3) is 0 Å². The summed E-state index contributed by atoms with van der Waals surface area (Å²) in [5.41, 5.74) is 2.14. The van der Waals surface area contributed by atoms with Gasteiger partial charge in [0.15, 0.2) is 0 Å². The minimum Gasteiger partial charge on any atom is -0.388 e. The van der Waals surface area contributed by atoms with Crippen molar-refractivity contribution in [2.24, 2.45) is 5.92 Å². The first-order chi connectivity index (χ1) is 9.71. The highest BCUT2D eigenvalue weighted by molar-refractivity contribution is 5.54. The van der Waals surface area contributed by atoms with Gasteiger partial charge in [-0.05, 0) is 56.1 Å². The molecular formula is C18H27NO. The molecule has 0 spiro atoms. The maximum atomic E-state index is 11.0. The van der Waals surface area contributed by atoms with Crippen molar-refractivity contribution in [2.75, 3.05) is 5.32 Å². The van der Waals surface area contributed by atoms with Gasteiger partial charge < -0.3 is 10.4 Å². The highest BCUT2D eigenvalue weighted by atomic mass is 16.3. The lowest BCUT2D eigenvalue weighted by Gasteiger charge is -2.44. The van der Waals surface area contributed by atoms with Crippen molar-refractivity contribution in [3.63, 3.8) is 0 Å². The van der Waals surface area contributed by atoms with E-state index >= 15 is 0 Å². The molecule has 2 nitrogen and oxygen atoms in total. The first-order valence-corrected chi connectivity index (χ1v) is 8.28. The molecule has 0 radical (unpaired) electrons. The van der Waals surface area contributed by atoms with Crippen molar-refractivity contribution >= 4 is 5.69 Å². The van der Waals surface area contributed by atoms with Crippen LogP contribution < -0.4 is 5.32 Å². The van der Waals surface area contributed by atoms with Crippen LogP contribution in [0.1, 0.15) is 57.4 Å². The monoisotopic (exact) mass is 273 g/mol. The zero-order chi connectivity index (χ0) is 14.0. The third-order valence-electron chi connectivity index (χ3n) is 5.37. The van der Waals surface area contributed by atoms with E-state index in [2.05, 4.69) is 36.5 Å². The van der Waals surface area contributed by atoms with Gasteiger partial charge in [-0.3, -0.25) is 0 Å². The van der Waals surface area contributed by atoms with Crippen LogP contribution in [0.4, 0.5) is 5.69 Å². The lowest BCUT2D eigenvalue weighted by molar-refractivity contribution is -0.0290. The summed E-state index contributed by atoms with van der Waals surface area (Å²) in [5, 5.41) is 14.6. The molecule has 0 saturated heterocycles. The molecule has 1 saturated carbocycles.